The van der Waals surface area contributed by atoms with Gasteiger partial charge >= 0.3 is 0 Å². The van der Waals surface area contributed by atoms with Crippen molar-refractivity contribution in [2.75, 3.05) is 27.2 Å². The van der Waals surface area contributed by atoms with Gasteiger partial charge in [0.1, 0.15) is 5.54 Å². The van der Waals surface area contributed by atoms with Gasteiger partial charge in [-0.15, -0.1) is 0 Å². The molecule has 0 saturated carbocycles. The lowest BCUT2D eigenvalue weighted by Gasteiger charge is -2.23. The Morgan fingerprint density at radius 1 is 1.42 bits per heavy atom. The molecule has 0 aromatic carbocycles. The highest BCUT2D eigenvalue weighted by Gasteiger charge is 2.29. The van der Waals surface area contributed by atoms with E-state index in [1.807, 2.05) is 7.05 Å². The third-order valence-electron chi connectivity index (χ3n) is 2.76. The fourth-order valence-electron chi connectivity index (χ4n) is 1.69. The summed E-state index contributed by atoms with van der Waals surface area (Å²) in [6, 6.07) is 2.39. The van der Waals surface area contributed by atoms with Crippen LogP contribution in [0.25, 0.3) is 0 Å². The van der Waals surface area contributed by atoms with Gasteiger partial charge in [0.2, 0.25) is 0 Å². The summed E-state index contributed by atoms with van der Waals surface area (Å²) in [7, 11) is 4.00. The molecule has 0 spiro atoms. The van der Waals surface area contributed by atoms with Crippen LogP contribution in [0.15, 0.2) is 0 Å². The smallest absolute Gasteiger partial charge is 0.107 e. The van der Waals surface area contributed by atoms with Gasteiger partial charge in [-0.25, -0.2) is 0 Å². The van der Waals surface area contributed by atoms with Crippen LogP contribution in [0.5, 0.6) is 0 Å². The maximum Gasteiger partial charge on any atom is 0.107 e. The van der Waals surface area contributed by atoms with E-state index in [1.165, 1.54) is 0 Å². The van der Waals surface area contributed by atoms with Gasteiger partial charge in [0, 0.05) is 6.54 Å². The van der Waals surface area contributed by atoms with Crippen molar-refractivity contribution in [3.05, 3.63) is 0 Å². The van der Waals surface area contributed by atoms with Crippen LogP contribution in [0.2, 0.25) is 0 Å². The monoisotopic (exact) mass is 167 g/mol. The van der Waals surface area contributed by atoms with E-state index in [0.717, 1.165) is 32.4 Å². The second-order valence-corrected chi connectivity index (χ2v) is 3.60. The van der Waals surface area contributed by atoms with Crippen LogP contribution >= 0.6 is 0 Å². The van der Waals surface area contributed by atoms with Crippen molar-refractivity contribution in [1.29, 1.82) is 5.26 Å². The van der Waals surface area contributed by atoms with Crippen LogP contribution in [0, 0.1) is 11.3 Å². The molecule has 1 saturated heterocycles. The molecule has 68 valence electrons. The minimum absolute atomic E-state index is 0.259. The molecule has 0 radical (unpaired) electrons. The molecule has 1 fully saturated rings. The summed E-state index contributed by atoms with van der Waals surface area (Å²) in [5, 5.41) is 12.2. The first-order chi connectivity index (χ1) is 5.72. The summed E-state index contributed by atoms with van der Waals surface area (Å²) in [6.07, 6.45) is 3.03. The van der Waals surface area contributed by atoms with Gasteiger partial charge in [0.15, 0.2) is 0 Å². The molecule has 1 N–H and O–H groups in total. The second-order valence-electron chi connectivity index (χ2n) is 3.60. The number of hydrogen-bond acceptors (Lipinski definition) is 3. The third-order valence-corrected chi connectivity index (χ3v) is 2.76. The number of nitrogens with one attached hydrogen (secondary N) is 1. The first-order valence-electron chi connectivity index (χ1n) is 4.51. The topological polar surface area (TPSA) is 39.1 Å². The minimum Gasteiger partial charge on any atom is -0.306 e. The van der Waals surface area contributed by atoms with E-state index in [4.69, 9.17) is 5.26 Å². The molecule has 0 aromatic heterocycles. The Morgan fingerprint density at radius 3 is 2.75 bits per heavy atom. The van der Waals surface area contributed by atoms with E-state index in [9.17, 15) is 0 Å². The van der Waals surface area contributed by atoms with E-state index in [1.54, 1.807) is 0 Å². The standard InChI is InChI=1S/C9H17N3/c1-11-9(8-10)4-3-6-12(2)7-5-9/h11H,3-7H2,1-2H3. The Kier molecular flexibility index (Phi) is 3.07. The van der Waals surface area contributed by atoms with E-state index < -0.39 is 0 Å². The lowest BCUT2D eigenvalue weighted by molar-refractivity contribution is 0.333. The van der Waals surface area contributed by atoms with Crippen molar-refractivity contribution in [3.8, 4) is 6.07 Å². The summed E-state index contributed by atoms with van der Waals surface area (Å²) in [4.78, 5) is 2.29. The quantitative estimate of drug-likeness (QED) is 0.621. The molecular weight excluding hydrogens is 150 g/mol. The molecule has 1 heterocycles. The lowest BCUT2D eigenvalue weighted by atomic mass is 9.93. The minimum atomic E-state index is -0.259. The first-order valence-corrected chi connectivity index (χ1v) is 4.51. The molecule has 1 rings (SSSR count). The van der Waals surface area contributed by atoms with Gasteiger partial charge in [-0.05, 0) is 39.9 Å². The maximum atomic E-state index is 9.02. The molecule has 0 aromatic rings. The number of likely N-dealkylation sites (tertiary alicyclic amines) is 1. The highest BCUT2D eigenvalue weighted by Crippen LogP contribution is 2.20. The van der Waals surface area contributed by atoms with Crippen molar-refractivity contribution < 1.29 is 0 Å². The Labute approximate surface area is 74.4 Å². The zero-order valence-electron chi connectivity index (χ0n) is 7.93. The zero-order valence-corrected chi connectivity index (χ0v) is 7.93. The highest BCUT2D eigenvalue weighted by molar-refractivity contribution is 5.07. The molecule has 1 unspecified atom stereocenters. The third kappa shape index (κ3) is 1.96. The maximum absolute atomic E-state index is 9.02. The van der Waals surface area contributed by atoms with Crippen LogP contribution in [-0.2, 0) is 0 Å². The van der Waals surface area contributed by atoms with Crippen LogP contribution in [0.3, 0.4) is 0 Å². The molecule has 0 aliphatic carbocycles. The first kappa shape index (κ1) is 9.50. The van der Waals surface area contributed by atoms with Gasteiger partial charge in [0.25, 0.3) is 0 Å². The average molecular weight is 167 g/mol. The Hall–Kier alpha value is -0.590. The molecule has 1 atom stereocenters. The highest BCUT2D eigenvalue weighted by atomic mass is 15.1. The van der Waals surface area contributed by atoms with Crippen molar-refractivity contribution in [1.82, 2.24) is 10.2 Å². The summed E-state index contributed by atoms with van der Waals surface area (Å²) in [5.74, 6) is 0. The molecule has 1 aliphatic rings. The van der Waals surface area contributed by atoms with Crippen LogP contribution < -0.4 is 5.32 Å². The predicted molar refractivity (Wildman–Crippen MR) is 48.8 cm³/mol. The average Bonchev–Trinajstić information content (AvgIpc) is 2.28. The molecule has 1 aliphatic heterocycles. The van der Waals surface area contributed by atoms with Crippen LogP contribution in [0.4, 0.5) is 0 Å². The number of rotatable bonds is 1. The number of nitrogens with zero attached hydrogens (tertiary/aromatic N) is 2. The summed E-state index contributed by atoms with van der Waals surface area (Å²) in [5.41, 5.74) is -0.259. The lowest BCUT2D eigenvalue weighted by Crippen LogP contribution is -2.42. The van der Waals surface area contributed by atoms with Crippen molar-refractivity contribution in [2.45, 2.75) is 24.8 Å². The van der Waals surface area contributed by atoms with E-state index in [-0.39, 0.29) is 5.54 Å². The van der Waals surface area contributed by atoms with Gasteiger partial charge in [0.05, 0.1) is 6.07 Å². The molecular formula is C9H17N3. The second kappa shape index (κ2) is 3.88. The number of nitriles is 1. The Morgan fingerprint density at radius 2 is 2.17 bits per heavy atom. The summed E-state index contributed by atoms with van der Waals surface area (Å²) >= 11 is 0. The number of hydrogen-bond donors (Lipinski definition) is 1. The Bertz CT molecular complexity index is 185. The summed E-state index contributed by atoms with van der Waals surface area (Å²) in [6.45, 7) is 2.14. The fourth-order valence-corrected chi connectivity index (χ4v) is 1.69. The van der Waals surface area contributed by atoms with E-state index in [2.05, 4.69) is 23.3 Å². The largest absolute Gasteiger partial charge is 0.306 e. The van der Waals surface area contributed by atoms with Gasteiger partial charge in [-0.1, -0.05) is 0 Å². The van der Waals surface area contributed by atoms with E-state index in [0.29, 0.717) is 0 Å². The van der Waals surface area contributed by atoms with E-state index >= 15 is 0 Å². The van der Waals surface area contributed by atoms with Crippen molar-refractivity contribution in [2.24, 2.45) is 0 Å². The normalized spacial score (nSPS) is 32.4. The zero-order chi connectivity index (χ0) is 9.03. The SMILES string of the molecule is CNC1(C#N)CCCN(C)CC1. The predicted octanol–water partition coefficient (Wildman–Crippen LogP) is 0.584. The van der Waals surface area contributed by atoms with Gasteiger partial charge in [-0.2, -0.15) is 5.26 Å². The van der Waals surface area contributed by atoms with Crippen molar-refractivity contribution >= 4 is 0 Å². The van der Waals surface area contributed by atoms with Crippen LogP contribution in [0.1, 0.15) is 19.3 Å². The van der Waals surface area contributed by atoms with Crippen LogP contribution in [-0.4, -0.2) is 37.6 Å². The van der Waals surface area contributed by atoms with Gasteiger partial charge in [-0.3, -0.25) is 0 Å². The molecule has 3 heteroatoms. The Balaban J connectivity index is 2.60. The molecule has 0 bridgehead atoms. The molecule has 0 amide bonds. The summed E-state index contributed by atoms with van der Waals surface area (Å²) < 4.78 is 0. The molecule has 3 nitrogen and oxygen atoms in total. The molecule has 12 heavy (non-hydrogen) atoms. The van der Waals surface area contributed by atoms with Crippen molar-refractivity contribution in [3.63, 3.8) is 0 Å². The fraction of sp³-hybridized carbons (Fsp3) is 0.889. The van der Waals surface area contributed by atoms with Gasteiger partial charge < -0.3 is 10.2 Å².